The summed E-state index contributed by atoms with van der Waals surface area (Å²) in [6.45, 7) is 1.94. The van der Waals surface area contributed by atoms with Crippen molar-refractivity contribution in [3.8, 4) is 0 Å². The molecule has 1 unspecified atom stereocenters. The van der Waals surface area contributed by atoms with Gasteiger partial charge in [0.2, 0.25) is 5.91 Å². The first-order valence-electron chi connectivity index (χ1n) is 9.24. The largest absolute Gasteiger partial charge is 0.449 e. The Morgan fingerprint density at radius 1 is 1.13 bits per heavy atom. The van der Waals surface area contributed by atoms with Crippen LogP contribution in [-0.2, 0) is 20.5 Å². The van der Waals surface area contributed by atoms with E-state index >= 15 is 0 Å². The molecule has 3 rings (SSSR count). The highest BCUT2D eigenvalue weighted by Crippen LogP contribution is 2.30. The van der Waals surface area contributed by atoms with E-state index in [0.717, 1.165) is 18.6 Å². The quantitative estimate of drug-likeness (QED) is 0.742. The zero-order chi connectivity index (χ0) is 21.9. The average molecular weight is 420 g/mol. The van der Waals surface area contributed by atoms with Gasteiger partial charge in [0.25, 0.3) is 5.91 Å². The van der Waals surface area contributed by atoms with Crippen LogP contribution in [0.25, 0.3) is 0 Å². The van der Waals surface area contributed by atoms with Crippen LogP contribution in [0, 0.1) is 0 Å². The topological polar surface area (TPSA) is 75.7 Å². The lowest BCUT2D eigenvalue weighted by atomic mass is 10.2. The van der Waals surface area contributed by atoms with Gasteiger partial charge in [0.15, 0.2) is 6.10 Å². The van der Waals surface area contributed by atoms with Crippen LogP contribution < -0.4 is 10.2 Å². The Labute approximate surface area is 170 Å². The molecule has 9 heteroatoms. The molecule has 1 fully saturated rings. The predicted octanol–water partition coefficient (Wildman–Crippen LogP) is 4.02. The number of ether oxygens (including phenoxy) is 1. The first kappa shape index (κ1) is 21.4. The Morgan fingerprint density at radius 3 is 2.43 bits per heavy atom. The Morgan fingerprint density at radius 2 is 1.83 bits per heavy atom. The van der Waals surface area contributed by atoms with Crippen molar-refractivity contribution in [2.24, 2.45) is 0 Å². The van der Waals surface area contributed by atoms with Crippen LogP contribution in [0.5, 0.6) is 0 Å². The molecule has 1 N–H and O–H groups in total. The molecule has 2 aromatic rings. The second kappa shape index (κ2) is 8.56. The summed E-state index contributed by atoms with van der Waals surface area (Å²) in [6, 6.07) is 10.4. The number of amides is 2. The van der Waals surface area contributed by atoms with Gasteiger partial charge in [-0.1, -0.05) is 6.07 Å². The van der Waals surface area contributed by atoms with Gasteiger partial charge in [0, 0.05) is 24.3 Å². The highest BCUT2D eigenvalue weighted by molar-refractivity contribution is 5.98. The summed E-state index contributed by atoms with van der Waals surface area (Å²) in [5.41, 5.74) is -0.104. The smallest absolute Gasteiger partial charge is 0.416 e. The second-order valence-corrected chi connectivity index (χ2v) is 6.81. The van der Waals surface area contributed by atoms with Gasteiger partial charge in [-0.15, -0.1) is 0 Å². The molecule has 0 spiro atoms. The van der Waals surface area contributed by atoms with Crippen molar-refractivity contribution in [2.75, 3.05) is 16.8 Å². The number of benzene rings is 2. The summed E-state index contributed by atoms with van der Waals surface area (Å²) in [4.78, 5) is 37.8. The number of nitrogens with one attached hydrogen (secondary N) is 1. The number of hydrogen-bond donors (Lipinski definition) is 1. The minimum atomic E-state index is -4.54. The third-order valence-electron chi connectivity index (χ3n) is 4.60. The zero-order valence-corrected chi connectivity index (χ0v) is 16.0. The zero-order valence-electron chi connectivity index (χ0n) is 16.0. The van der Waals surface area contributed by atoms with Crippen molar-refractivity contribution in [3.05, 3.63) is 59.7 Å². The molecule has 0 radical (unpaired) electrons. The Kier molecular flexibility index (Phi) is 6.09. The molecule has 30 heavy (non-hydrogen) atoms. The SMILES string of the molecule is CC(OC(=O)c1ccc(N2CCCC2=O)cc1)C(=O)Nc1cccc(C(F)(F)F)c1. The van der Waals surface area contributed by atoms with Crippen LogP contribution >= 0.6 is 0 Å². The van der Waals surface area contributed by atoms with Gasteiger partial charge in [-0.3, -0.25) is 9.59 Å². The molecule has 158 valence electrons. The van der Waals surface area contributed by atoms with Crippen molar-refractivity contribution in [1.82, 2.24) is 0 Å². The van der Waals surface area contributed by atoms with Crippen LogP contribution in [0.15, 0.2) is 48.5 Å². The summed E-state index contributed by atoms with van der Waals surface area (Å²) in [7, 11) is 0. The standard InChI is InChI=1S/C21H19F3N2O4/c1-13(19(28)25-16-5-2-4-15(12-16)21(22,23)24)30-20(29)14-7-9-17(10-8-14)26-11-3-6-18(26)27/h2,4-5,7-10,12-13H,3,6,11H2,1H3,(H,25,28). The van der Waals surface area contributed by atoms with E-state index in [0.29, 0.717) is 18.7 Å². The van der Waals surface area contributed by atoms with Gasteiger partial charge >= 0.3 is 12.1 Å². The number of nitrogens with zero attached hydrogens (tertiary/aromatic N) is 1. The fraction of sp³-hybridized carbons (Fsp3) is 0.286. The number of rotatable bonds is 5. The molecule has 6 nitrogen and oxygen atoms in total. The molecular weight excluding hydrogens is 401 g/mol. The van der Waals surface area contributed by atoms with E-state index in [-0.39, 0.29) is 17.2 Å². The summed E-state index contributed by atoms with van der Waals surface area (Å²) >= 11 is 0. The summed E-state index contributed by atoms with van der Waals surface area (Å²) in [5, 5.41) is 2.30. The van der Waals surface area contributed by atoms with E-state index in [2.05, 4.69) is 5.32 Å². The van der Waals surface area contributed by atoms with Gasteiger partial charge in [-0.2, -0.15) is 13.2 Å². The van der Waals surface area contributed by atoms with Crippen LogP contribution in [0.1, 0.15) is 35.7 Å². The fourth-order valence-electron chi connectivity index (χ4n) is 3.00. The minimum Gasteiger partial charge on any atom is -0.449 e. The van der Waals surface area contributed by atoms with Crippen LogP contribution in [-0.4, -0.2) is 30.4 Å². The van der Waals surface area contributed by atoms with Gasteiger partial charge in [0.05, 0.1) is 11.1 Å². The highest BCUT2D eigenvalue weighted by Gasteiger charge is 2.30. The van der Waals surface area contributed by atoms with Crippen molar-refractivity contribution in [3.63, 3.8) is 0 Å². The Hall–Kier alpha value is -3.36. The molecule has 2 aromatic carbocycles. The van der Waals surface area contributed by atoms with E-state index in [4.69, 9.17) is 4.74 Å². The molecule has 1 aliphatic heterocycles. The number of carbonyl (C=O) groups excluding carboxylic acids is 3. The Bertz CT molecular complexity index is 957. The average Bonchev–Trinajstić information content (AvgIpc) is 3.13. The maximum Gasteiger partial charge on any atom is 0.416 e. The first-order chi connectivity index (χ1) is 14.1. The number of anilines is 2. The Balaban J connectivity index is 1.60. The van der Waals surface area contributed by atoms with Crippen LogP contribution in [0.2, 0.25) is 0 Å². The molecule has 1 atom stereocenters. The van der Waals surface area contributed by atoms with Crippen LogP contribution in [0.4, 0.5) is 24.5 Å². The van der Waals surface area contributed by atoms with Crippen molar-refractivity contribution in [2.45, 2.75) is 32.0 Å². The molecule has 1 heterocycles. The second-order valence-electron chi connectivity index (χ2n) is 6.81. The van der Waals surface area contributed by atoms with Gasteiger partial charge in [-0.25, -0.2) is 4.79 Å². The van der Waals surface area contributed by atoms with E-state index < -0.39 is 29.7 Å². The van der Waals surface area contributed by atoms with E-state index in [1.165, 1.54) is 31.2 Å². The number of halogens is 3. The maximum atomic E-state index is 12.8. The van der Waals surface area contributed by atoms with E-state index in [1.54, 1.807) is 17.0 Å². The molecule has 0 aliphatic carbocycles. The molecule has 1 aliphatic rings. The van der Waals surface area contributed by atoms with E-state index in [9.17, 15) is 27.6 Å². The van der Waals surface area contributed by atoms with Crippen molar-refractivity contribution in [1.29, 1.82) is 0 Å². The fourth-order valence-corrected chi connectivity index (χ4v) is 3.00. The van der Waals surface area contributed by atoms with Crippen molar-refractivity contribution >= 4 is 29.2 Å². The van der Waals surface area contributed by atoms with E-state index in [1.807, 2.05) is 0 Å². The van der Waals surface area contributed by atoms with Crippen molar-refractivity contribution < 1.29 is 32.3 Å². The van der Waals surface area contributed by atoms with Gasteiger partial charge in [-0.05, 0) is 55.8 Å². The third-order valence-corrected chi connectivity index (χ3v) is 4.60. The minimum absolute atomic E-state index is 0.0187. The number of carbonyl (C=O) groups is 3. The number of esters is 1. The maximum absolute atomic E-state index is 12.8. The first-order valence-corrected chi connectivity index (χ1v) is 9.24. The summed E-state index contributed by atoms with van der Waals surface area (Å²) in [6.07, 6.45) is -4.50. The monoisotopic (exact) mass is 420 g/mol. The normalized spacial score (nSPS) is 15.1. The molecule has 0 saturated carbocycles. The lowest BCUT2D eigenvalue weighted by molar-refractivity contribution is -0.137. The number of hydrogen-bond acceptors (Lipinski definition) is 4. The van der Waals surface area contributed by atoms with Gasteiger partial charge in [0.1, 0.15) is 0 Å². The molecule has 2 amide bonds. The molecule has 0 aromatic heterocycles. The highest BCUT2D eigenvalue weighted by atomic mass is 19.4. The molecular formula is C21H19F3N2O4. The third kappa shape index (κ3) is 4.97. The summed E-state index contributed by atoms with van der Waals surface area (Å²) in [5.74, 6) is -1.51. The lowest BCUT2D eigenvalue weighted by Crippen LogP contribution is -2.30. The lowest BCUT2D eigenvalue weighted by Gasteiger charge is -2.17. The van der Waals surface area contributed by atoms with Gasteiger partial charge < -0.3 is 15.0 Å². The molecule has 0 bridgehead atoms. The predicted molar refractivity (Wildman–Crippen MR) is 103 cm³/mol. The summed E-state index contributed by atoms with van der Waals surface area (Å²) < 4.78 is 43.4. The molecule has 1 saturated heterocycles. The number of alkyl halides is 3. The van der Waals surface area contributed by atoms with Crippen LogP contribution in [0.3, 0.4) is 0 Å².